The third-order valence-corrected chi connectivity index (χ3v) is 7.19. The lowest BCUT2D eigenvalue weighted by Crippen LogP contribution is -2.31. The Hall–Kier alpha value is -4.97. The second-order valence-corrected chi connectivity index (χ2v) is 9.72. The first-order chi connectivity index (χ1) is 19.1. The number of carbonyl (C=O) groups excluding carboxylic acids is 2. The molecular formula is C33H28N4O2. The van der Waals surface area contributed by atoms with Gasteiger partial charge in [-0.1, -0.05) is 60.7 Å². The topological polar surface area (TPSA) is 67.2 Å². The molecule has 3 aromatic carbocycles. The normalized spacial score (nSPS) is 12.3. The van der Waals surface area contributed by atoms with Gasteiger partial charge in [0.05, 0.1) is 25.3 Å². The average molecular weight is 513 g/mol. The van der Waals surface area contributed by atoms with E-state index in [0.717, 1.165) is 39.3 Å². The minimum Gasteiger partial charge on any atom is -0.345 e. The van der Waals surface area contributed by atoms with E-state index in [1.54, 1.807) is 6.20 Å². The van der Waals surface area contributed by atoms with Crippen LogP contribution in [-0.2, 0) is 19.6 Å². The van der Waals surface area contributed by atoms with E-state index in [2.05, 4.69) is 22.4 Å². The number of para-hydroxylation sites is 1. The summed E-state index contributed by atoms with van der Waals surface area (Å²) in [5.74, 6) is -0.239. The summed E-state index contributed by atoms with van der Waals surface area (Å²) in [5, 5.41) is 2.98. The molecule has 0 bridgehead atoms. The first-order valence-electron chi connectivity index (χ1n) is 13.0. The number of amides is 2. The average Bonchev–Trinajstić information content (AvgIpc) is 3.29. The first-order valence-corrected chi connectivity index (χ1v) is 13.0. The Morgan fingerprint density at radius 3 is 2.44 bits per heavy atom. The highest BCUT2D eigenvalue weighted by Crippen LogP contribution is 2.31. The van der Waals surface area contributed by atoms with Crippen molar-refractivity contribution in [3.63, 3.8) is 0 Å². The fourth-order valence-corrected chi connectivity index (χ4v) is 5.20. The van der Waals surface area contributed by atoms with E-state index in [1.807, 2.05) is 107 Å². The van der Waals surface area contributed by atoms with Crippen LogP contribution in [0.4, 0.5) is 5.69 Å². The Kier molecular flexibility index (Phi) is 6.51. The van der Waals surface area contributed by atoms with E-state index in [1.165, 1.54) is 0 Å². The van der Waals surface area contributed by atoms with Crippen molar-refractivity contribution in [1.29, 1.82) is 0 Å². The predicted octanol–water partition coefficient (Wildman–Crippen LogP) is 6.00. The molecular weight excluding hydrogens is 484 g/mol. The number of aromatic nitrogens is 2. The minimum absolute atomic E-state index is 0.0686. The van der Waals surface area contributed by atoms with Gasteiger partial charge in [0.2, 0.25) is 0 Å². The van der Waals surface area contributed by atoms with Crippen LogP contribution in [0.15, 0.2) is 109 Å². The minimum atomic E-state index is -0.170. The van der Waals surface area contributed by atoms with Crippen LogP contribution in [0.2, 0.25) is 0 Å². The highest BCUT2D eigenvalue weighted by Gasteiger charge is 2.27. The van der Waals surface area contributed by atoms with Crippen molar-refractivity contribution in [3.05, 3.63) is 143 Å². The zero-order chi connectivity index (χ0) is 26.8. The van der Waals surface area contributed by atoms with Gasteiger partial charge < -0.3 is 14.8 Å². The van der Waals surface area contributed by atoms with Crippen LogP contribution in [0.1, 0.15) is 43.4 Å². The standard InChI is InChI=1S/C33H28N4O2/c1-23-19-25(14-16-29(23)24-9-3-2-4-10-24)33(39)37-22-28-15-17-31(32(38)35-20-27-12-7-8-18-34-27)36(28)21-26-11-5-6-13-30(26)37/h2-19H,20-22H2,1H3,(H,35,38). The molecule has 0 atom stereocenters. The monoisotopic (exact) mass is 512 g/mol. The van der Waals surface area contributed by atoms with Gasteiger partial charge >= 0.3 is 0 Å². The number of fused-ring (bicyclic) bond motifs is 2. The summed E-state index contributed by atoms with van der Waals surface area (Å²) < 4.78 is 2.00. The van der Waals surface area contributed by atoms with Crippen molar-refractivity contribution in [2.75, 3.05) is 4.90 Å². The third-order valence-electron chi connectivity index (χ3n) is 7.19. The summed E-state index contributed by atoms with van der Waals surface area (Å²) in [4.78, 5) is 33.2. The summed E-state index contributed by atoms with van der Waals surface area (Å²) in [6, 6.07) is 33.4. The van der Waals surface area contributed by atoms with Crippen LogP contribution in [0.3, 0.4) is 0 Å². The highest BCUT2D eigenvalue weighted by molar-refractivity contribution is 6.07. The summed E-state index contributed by atoms with van der Waals surface area (Å²) in [7, 11) is 0. The molecule has 39 heavy (non-hydrogen) atoms. The maximum absolute atomic E-state index is 14.0. The second kappa shape index (κ2) is 10.4. The molecule has 0 spiro atoms. The summed E-state index contributed by atoms with van der Waals surface area (Å²) in [5.41, 5.74) is 8.02. The lowest BCUT2D eigenvalue weighted by atomic mass is 9.98. The first kappa shape index (κ1) is 24.4. The number of carbonyl (C=O) groups is 2. The Bertz CT molecular complexity index is 1660. The molecule has 0 saturated carbocycles. The van der Waals surface area contributed by atoms with Gasteiger partial charge in [-0.05, 0) is 71.6 Å². The fourth-order valence-electron chi connectivity index (χ4n) is 5.20. The zero-order valence-electron chi connectivity index (χ0n) is 21.7. The SMILES string of the molecule is Cc1cc(C(=O)N2Cc3ccc(C(=O)NCc4ccccn4)n3Cc3ccccc32)ccc1-c1ccccc1. The van der Waals surface area contributed by atoms with E-state index in [-0.39, 0.29) is 11.8 Å². The van der Waals surface area contributed by atoms with Gasteiger partial charge in [0.1, 0.15) is 5.69 Å². The maximum Gasteiger partial charge on any atom is 0.268 e. The van der Waals surface area contributed by atoms with Crippen LogP contribution in [0.25, 0.3) is 11.1 Å². The molecule has 192 valence electrons. The molecule has 0 fully saturated rings. The number of hydrogen-bond acceptors (Lipinski definition) is 3. The lowest BCUT2D eigenvalue weighted by molar-refractivity contribution is 0.0940. The van der Waals surface area contributed by atoms with Crippen LogP contribution in [0.5, 0.6) is 0 Å². The molecule has 1 aliphatic heterocycles. The number of nitrogens with one attached hydrogen (secondary N) is 1. The molecule has 6 rings (SSSR count). The van der Waals surface area contributed by atoms with E-state index in [9.17, 15) is 9.59 Å². The van der Waals surface area contributed by atoms with E-state index in [0.29, 0.717) is 30.9 Å². The molecule has 6 nitrogen and oxygen atoms in total. The number of rotatable bonds is 5. The smallest absolute Gasteiger partial charge is 0.268 e. The van der Waals surface area contributed by atoms with Gasteiger partial charge in [-0.25, -0.2) is 0 Å². The van der Waals surface area contributed by atoms with Gasteiger partial charge in [0.25, 0.3) is 11.8 Å². The third kappa shape index (κ3) is 4.84. The number of anilines is 1. The van der Waals surface area contributed by atoms with Crippen molar-refractivity contribution in [2.45, 2.75) is 26.6 Å². The molecule has 6 heteroatoms. The van der Waals surface area contributed by atoms with E-state index in [4.69, 9.17) is 0 Å². The van der Waals surface area contributed by atoms with E-state index >= 15 is 0 Å². The molecule has 5 aromatic rings. The van der Waals surface area contributed by atoms with Gasteiger partial charge in [-0.15, -0.1) is 0 Å². The van der Waals surface area contributed by atoms with Gasteiger partial charge in [-0.3, -0.25) is 14.6 Å². The van der Waals surface area contributed by atoms with E-state index < -0.39 is 0 Å². The number of pyridine rings is 1. The van der Waals surface area contributed by atoms with Crippen LogP contribution in [-0.4, -0.2) is 21.4 Å². The van der Waals surface area contributed by atoms with Crippen molar-refractivity contribution in [2.24, 2.45) is 0 Å². The molecule has 0 unspecified atom stereocenters. The molecule has 0 aliphatic carbocycles. The fraction of sp³-hybridized carbons (Fsp3) is 0.121. The van der Waals surface area contributed by atoms with Gasteiger partial charge in [-0.2, -0.15) is 0 Å². The molecule has 0 radical (unpaired) electrons. The Morgan fingerprint density at radius 2 is 1.64 bits per heavy atom. The van der Waals surface area contributed by atoms with Gasteiger partial charge in [0.15, 0.2) is 0 Å². The summed E-state index contributed by atoms with van der Waals surface area (Å²) >= 11 is 0. The Morgan fingerprint density at radius 1 is 0.846 bits per heavy atom. The van der Waals surface area contributed by atoms with Crippen LogP contribution >= 0.6 is 0 Å². The van der Waals surface area contributed by atoms with Gasteiger partial charge in [0, 0.05) is 23.1 Å². The van der Waals surface area contributed by atoms with Crippen molar-refractivity contribution in [1.82, 2.24) is 14.9 Å². The molecule has 2 amide bonds. The summed E-state index contributed by atoms with van der Waals surface area (Å²) in [6.45, 7) is 3.25. The zero-order valence-corrected chi connectivity index (χ0v) is 21.7. The number of hydrogen-bond donors (Lipinski definition) is 1. The Labute approximate surface area is 227 Å². The molecule has 3 heterocycles. The largest absolute Gasteiger partial charge is 0.345 e. The number of nitrogens with zero attached hydrogens (tertiary/aromatic N) is 3. The quantitative estimate of drug-likeness (QED) is 0.314. The molecule has 0 saturated heterocycles. The highest BCUT2D eigenvalue weighted by atomic mass is 16.2. The predicted molar refractivity (Wildman–Crippen MR) is 153 cm³/mol. The van der Waals surface area contributed by atoms with Crippen LogP contribution in [0, 0.1) is 6.92 Å². The summed E-state index contributed by atoms with van der Waals surface area (Å²) in [6.07, 6.45) is 1.71. The van der Waals surface area contributed by atoms with Crippen LogP contribution < -0.4 is 10.2 Å². The van der Waals surface area contributed by atoms with Crippen molar-refractivity contribution >= 4 is 17.5 Å². The Balaban J connectivity index is 1.30. The molecule has 1 aliphatic rings. The number of aryl methyl sites for hydroxylation is 1. The van der Waals surface area contributed by atoms with Crippen molar-refractivity contribution in [3.8, 4) is 11.1 Å². The maximum atomic E-state index is 14.0. The molecule has 2 aromatic heterocycles. The lowest BCUT2D eigenvalue weighted by Gasteiger charge is -2.23. The van der Waals surface area contributed by atoms with Crippen molar-refractivity contribution < 1.29 is 9.59 Å². The number of benzene rings is 3. The molecule has 1 N–H and O–H groups in total. The second-order valence-electron chi connectivity index (χ2n) is 9.72.